The lowest BCUT2D eigenvalue weighted by Gasteiger charge is -2.14. The first-order valence-corrected chi connectivity index (χ1v) is 6.26. The van der Waals surface area contributed by atoms with Gasteiger partial charge in [-0.1, -0.05) is 12.2 Å². The van der Waals surface area contributed by atoms with Gasteiger partial charge in [-0.15, -0.1) is 0 Å². The Balaban J connectivity index is 2.76. The van der Waals surface area contributed by atoms with Crippen LogP contribution in [0.15, 0.2) is 33.9 Å². The zero-order valence-corrected chi connectivity index (χ0v) is 11.9. The summed E-state index contributed by atoms with van der Waals surface area (Å²) in [6.07, 6.45) is -5.01. The van der Waals surface area contributed by atoms with Crippen LogP contribution in [0.5, 0.6) is 0 Å². The van der Waals surface area contributed by atoms with Crippen molar-refractivity contribution >= 4 is 17.2 Å². The summed E-state index contributed by atoms with van der Waals surface area (Å²) in [6.45, 7) is 0. The van der Waals surface area contributed by atoms with Gasteiger partial charge in [-0.05, 0) is 18.2 Å². The quantitative estimate of drug-likeness (QED) is 0.468. The highest BCUT2D eigenvalue weighted by Gasteiger charge is 2.36. The van der Waals surface area contributed by atoms with Gasteiger partial charge in [0.05, 0.1) is 5.69 Å². The van der Waals surface area contributed by atoms with Gasteiger partial charge >= 0.3 is 11.9 Å². The molecule has 0 unspecified atom stereocenters. The molecule has 23 heavy (non-hydrogen) atoms. The molecule has 1 heterocycles. The zero-order chi connectivity index (χ0) is 17.5. The Morgan fingerprint density at radius 3 is 2.26 bits per heavy atom. The molecule has 0 amide bonds. The molecule has 1 aromatic heterocycles. The molecule has 1 aromatic carbocycles. The Bertz CT molecular complexity index is 917. The second-order valence-corrected chi connectivity index (χ2v) is 4.82. The molecule has 0 saturated heterocycles. The summed E-state index contributed by atoms with van der Waals surface area (Å²) < 4.78 is 52.0. The summed E-state index contributed by atoms with van der Waals surface area (Å²) >= 11 is 4.64. The minimum absolute atomic E-state index is 0.0995. The Morgan fingerprint density at radius 1 is 1.17 bits per heavy atom. The monoisotopic (exact) mass is 348 g/mol. The number of thiocarbonyl (C=S) groups is 1. The summed E-state index contributed by atoms with van der Waals surface area (Å²) in [7, 11) is 0. The van der Waals surface area contributed by atoms with Crippen molar-refractivity contribution in [3.8, 4) is 5.69 Å². The van der Waals surface area contributed by atoms with Gasteiger partial charge in [0.25, 0.3) is 5.56 Å². The summed E-state index contributed by atoms with van der Waals surface area (Å²) in [6, 6.07) is 3.15. The molecule has 2 aromatic rings. The molecule has 6 nitrogen and oxygen atoms in total. The topological polar surface area (TPSA) is 96.0 Å². The maximum atomic E-state index is 14.0. The van der Waals surface area contributed by atoms with Crippen LogP contribution in [0.4, 0.5) is 17.6 Å². The average molecular weight is 348 g/mol. The molecule has 2 rings (SSSR count). The molecule has 0 saturated carbocycles. The normalized spacial score (nSPS) is 11.5. The SMILES string of the molecule is NC(=S)c1ccc(-n2c(=O)cc(C(F)(F)F)n(N)c2=O)c(F)c1. The lowest BCUT2D eigenvalue weighted by molar-refractivity contribution is -0.143. The van der Waals surface area contributed by atoms with Crippen molar-refractivity contribution in [2.45, 2.75) is 6.18 Å². The fourth-order valence-corrected chi connectivity index (χ4v) is 1.96. The second-order valence-electron chi connectivity index (χ2n) is 4.38. The molecule has 0 aliphatic heterocycles. The third-order valence-electron chi connectivity index (χ3n) is 2.90. The molecule has 0 fully saturated rings. The maximum absolute atomic E-state index is 14.0. The number of benzene rings is 1. The van der Waals surface area contributed by atoms with E-state index in [2.05, 4.69) is 12.2 Å². The molecule has 4 N–H and O–H groups in total. The lowest BCUT2D eigenvalue weighted by Crippen LogP contribution is -2.45. The first-order valence-electron chi connectivity index (χ1n) is 5.85. The predicted octanol–water partition coefficient (Wildman–Crippen LogP) is 0.505. The number of aromatic nitrogens is 2. The molecule has 122 valence electrons. The van der Waals surface area contributed by atoms with Gasteiger partial charge in [-0.25, -0.2) is 18.4 Å². The number of alkyl halides is 3. The van der Waals surface area contributed by atoms with Gasteiger partial charge < -0.3 is 11.6 Å². The molecule has 11 heteroatoms. The minimum Gasteiger partial charge on any atom is -0.389 e. The molecule has 0 radical (unpaired) electrons. The van der Waals surface area contributed by atoms with E-state index >= 15 is 0 Å². The zero-order valence-electron chi connectivity index (χ0n) is 11.1. The Hall–Kier alpha value is -2.69. The van der Waals surface area contributed by atoms with E-state index in [1.54, 1.807) is 0 Å². The van der Waals surface area contributed by atoms with E-state index in [9.17, 15) is 27.2 Å². The molecular weight excluding hydrogens is 340 g/mol. The van der Waals surface area contributed by atoms with Crippen molar-refractivity contribution in [3.05, 3.63) is 62.2 Å². The van der Waals surface area contributed by atoms with E-state index in [4.69, 9.17) is 11.6 Å². The molecule has 0 aliphatic carbocycles. The van der Waals surface area contributed by atoms with Crippen LogP contribution in [0.25, 0.3) is 5.69 Å². The summed E-state index contributed by atoms with van der Waals surface area (Å²) in [5.41, 5.74) is 0.270. The third kappa shape index (κ3) is 2.95. The van der Waals surface area contributed by atoms with Crippen molar-refractivity contribution in [1.82, 2.24) is 9.24 Å². The summed E-state index contributed by atoms with van der Waals surface area (Å²) in [4.78, 5) is 23.6. The van der Waals surface area contributed by atoms with Gasteiger partial charge in [0.15, 0.2) is 5.69 Å². The summed E-state index contributed by atoms with van der Waals surface area (Å²) in [5, 5.41) is 0. The van der Waals surface area contributed by atoms with E-state index in [1.165, 1.54) is 6.07 Å². The van der Waals surface area contributed by atoms with Gasteiger partial charge in [-0.3, -0.25) is 4.79 Å². The highest BCUT2D eigenvalue weighted by molar-refractivity contribution is 7.80. The lowest BCUT2D eigenvalue weighted by atomic mass is 10.2. The smallest absolute Gasteiger partial charge is 0.389 e. The van der Waals surface area contributed by atoms with Crippen molar-refractivity contribution in [2.24, 2.45) is 5.73 Å². The summed E-state index contributed by atoms with van der Waals surface area (Å²) in [5.74, 6) is 3.99. The van der Waals surface area contributed by atoms with Gasteiger partial charge in [0.2, 0.25) is 0 Å². The van der Waals surface area contributed by atoms with Crippen molar-refractivity contribution < 1.29 is 17.6 Å². The largest absolute Gasteiger partial charge is 0.433 e. The van der Waals surface area contributed by atoms with Crippen molar-refractivity contribution in [1.29, 1.82) is 0 Å². The van der Waals surface area contributed by atoms with E-state index in [0.717, 1.165) is 12.1 Å². The van der Waals surface area contributed by atoms with Gasteiger partial charge in [-0.2, -0.15) is 13.2 Å². The minimum atomic E-state index is -5.01. The second kappa shape index (κ2) is 5.50. The molecule has 0 atom stereocenters. The molecule has 0 spiro atoms. The van der Waals surface area contributed by atoms with E-state index in [1.807, 2.05) is 0 Å². The van der Waals surface area contributed by atoms with Crippen LogP contribution < -0.4 is 22.8 Å². The maximum Gasteiger partial charge on any atom is 0.433 e. The number of halogens is 4. The van der Waals surface area contributed by atoms with Crippen LogP contribution in [-0.4, -0.2) is 14.2 Å². The third-order valence-corrected chi connectivity index (χ3v) is 3.14. The number of nitrogens with zero attached hydrogens (tertiary/aromatic N) is 2. The van der Waals surface area contributed by atoms with E-state index in [-0.39, 0.29) is 25.9 Å². The van der Waals surface area contributed by atoms with Crippen molar-refractivity contribution in [2.75, 3.05) is 5.84 Å². The van der Waals surface area contributed by atoms with Crippen LogP contribution in [-0.2, 0) is 6.18 Å². The van der Waals surface area contributed by atoms with Gasteiger partial charge in [0, 0.05) is 11.6 Å². The number of nitrogens with two attached hydrogens (primary N) is 2. The Labute approximate surface area is 130 Å². The predicted molar refractivity (Wildman–Crippen MR) is 77.3 cm³/mol. The highest BCUT2D eigenvalue weighted by Crippen LogP contribution is 2.26. The molecular formula is C12H8F4N4O2S. The fraction of sp³-hybridized carbons (Fsp3) is 0.0833. The van der Waals surface area contributed by atoms with Gasteiger partial charge in [0.1, 0.15) is 10.8 Å². The number of rotatable bonds is 2. The van der Waals surface area contributed by atoms with Crippen LogP contribution in [0, 0.1) is 5.82 Å². The molecule has 0 bridgehead atoms. The van der Waals surface area contributed by atoms with Crippen molar-refractivity contribution in [3.63, 3.8) is 0 Å². The Morgan fingerprint density at radius 2 is 1.78 bits per heavy atom. The van der Waals surface area contributed by atoms with Crippen LogP contribution in [0.1, 0.15) is 11.3 Å². The first kappa shape index (κ1) is 16.7. The standard InChI is InChI=1S/C12H8F4N4O2S/c13-6-3-5(10(17)23)1-2-7(6)19-9(21)4-8(12(14,15)16)20(18)11(19)22/h1-4H,18H2,(H2,17,23). The molecule has 0 aliphatic rings. The van der Waals surface area contributed by atoms with Crippen LogP contribution in [0.3, 0.4) is 0 Å². The first-order chi connectivity index (χ1) is 10.5. The van der Waals surface area contributed by atoms with E-state index in [0.29, 0.717) is 0 Å². The highest BCUT2D eigenvalue weighted by atomic mass is 32.1. The number of hydrogen-bond acceptors (Lipinski definition) is 4. The van der Waals surface area contributed by atoms with E-state index < -0.39 is 34.6 Å². The number of nitrogen functional groups attached to an aromatic ring is 1. The Kier molecular flexibility index (Phi) is 3.99. The van der Waals surface area contributed by atoms with Crippen LogP contribution in [0.2, 0.25) is 0 Å². The fourth-order valence-electron chi connectivity index (χ4n) is 1.84. The average Bonchev–Trinajstić information content (AvgIpc) is 2.43. The van der Waals surface area contributed by atoms with Crippen LogP contribution >= 0.6 is 12.2 Å². The number of hydrogen-bond donors (Lipinski definition) is 2.